The number of imide groups is 1. The number of carbonyl (C=O) groups is 3. The van der Waals surface area contributed by atoms with Crippen molar-refractivity contribution < 1.29 is 67.4 Å². The summed E-state index contributed by atoms with van der Waals surface area (Å²) >= 11 is 0. The zero-order valence-corrected chi connectivity index (χ0v) is 23.3. The Kier molecular flexibility index (Phi) is 6.80. The summed E-state index contributed by atoms with van der Waals surface area (Å²) < 4.78 is 174. The summed E-state index contributed by atoms with van der Waals surface area (Å²) in [4.78, 5) is 40.0. The molecule has 0 radical (unpaired) electrons. The second kappa shape index (κ2) is 8.72. The summed E-state index contributed by atoms with van der Waals surface area (Å²) in [5.74, 6) is -40.0. The highest BCUT2D eigenvalue weighted by molar-refractivity contribution is 6.05. The maximum atomic E-state index is 16.7. The molecular weight excluding hydrogens is 599 g/mol. The third-order valence-corrected chi connectivity index (χ3v) is 9.91. The highest BCUT2D eigenvalue weighted by Crippen LogP contribution is 2.81. The number of hydrogen-bond acceptors (Lipinski definition) is 4. The lowest BCUT2D eigenvalue weighted by atomic mass is 9.40. The highest BCUT2D eigenvalue weighted by Gasteiger charge is 3.04. The van der Waals surface area contributed by atoms with Gasteiger partial charge >= 0.3 is 29.9 Å². The number of halogens is 11. The summed E-state index contributed by atoms with van der Waals surface area (Å²) in [7, 11) is 0. The van der Waals surface area contributed by atoms with Gasteiger partial charge in [-0.3, -0.25) is 19.3 Å². The number of carbonyl (C=O) groups excluding carboxylic acids is 3. The van der Waals surface area contributed by atoms with Crippen LogP contribution < -0.4 is 0 Å². The van der Waals surface area contributed by atoms with Crippen molar-refractivity contribution in [1.29, 1.82) is 0 Å². The van der Waals surface area contributed by atoms with Crippen molar-refractivity contribution in [2.75, 3.05) is 6.54 Å². The van der Waals surface area contributed by atoms with Crippen LogP contribution in [0.15, 0.2) is 0 Å². The molecule has 5 rings (SSSR count). The van der Waals surface area contributed by atoms with Crippen LogP contribution in [0.4, 0.5) is 48.3 Å². The second-order valence-electron chi connectivity index (χ2n) is 13.0. The van der Waals surface area contributed by atoms with E-state index in [1.807, 2.05) is 0 Å². The molecule has 5 fully saturated rings. The Morgan fingerprint density at radius 3 is 1.69 bits per heavy atom. The van der Waals surface area contributed by atoms with E-state index in [4.69, 9.17) is 4.74 Å². The van der Waals surface area contributed by atoms with E-state index in [1.165, 1.54) is 6.92 Å². The number of alkyl halides is 11. The number of fused-ring (bicyclic) bond motifs is 2. The van der Waals surface area contributed by atoms with Crippen LogP contribution in [0.2, 0.25) is 0 Å². The topological polar surface area (TPSA) is 63.7 Å². The van der Waals surface area contributed by atoms with E-state index in [9.17, 15) is 23.2 Å². The molecule has 2 amide bonds. The lowest BCUT2D eigenvalue weighted by molar-refractivity contribution is -0.339. The molecule has 4 saturated carbocycles. The number of likely N-dealkylation sites (tertiary alicyclic amines) is 1. The molecule has 0 spiro atoms. The standard InChI is InChI=1S/C26H30F11NO4/c1-7-38-16(39)10(2)13(17(38)40)14-11-8-9-12(15(14)20(6,26(35,36)37)18(41)42-19(3,4)5)22(28)21(11,27)23(29,30)25(33,34)24(22,31)32/h10-15H,7-9H2,1-6H3. The van der Waals surface area contributed by atoms with Gasteiger partial charge in [-0.1, -0.05) is 6.92 Å². The van der Waals surface area contributed by atoms with Gasteiger partial charge in [-0.25, -0.2) is 8.78 Å². The summed E-state index contributed by atoms with van der Waals surface area (Å²) in [6, 6.07) is 0. The van der Waals surface area contributed by atoms with Crippen LogP contribution in [0.5, 0.6) is 0 Å². The maximum absolute atomic E-state index is 16.7. The quantitative estimate of drug-likeness (QED) is 0.213. The van der Waals surface area contributed by atoms with E-state index in [0.717, 1.165) is 27.7 Å². The van der Waals surface area contributed by atoms with E-state index in [2.05, 4.69) is 0 Å². The molecule has 4 aliphatic carbocycles. The monoisotopic (exact) mass is 629 g/mol. The fraction of sp³-hybridized carbons (Fsp3) is 0.885. The third-order valence-electron chi connectivity index (χ3n) is 9.91. The fourth-order valence-electron chi connectivity index (χ4n) is 8.07. The SMILES string of the molecule is CCN1C(=O)C(C)C(C2C(C(C)(C(=O)OC(C)(C)C)C(F)(F)F)C3CCC2C2(F)C(F)(F)C(F)(F)C(F)(F)C32F)C1=O. The third kappa shape index (κ3) is 3.35. The molecule has 5 nitrogen and oxygen atoms in total. The number of ether oxygens (including phenoxy) is 1. The summed E-state index contributed by atoms with van der Waals surface area (Å²) in [5.41, 5.74) is -16.9. The molecule has 1 aliphatic heterocycles. The van der Waals surface area contributed by atoms with Gasteiger partial charge in [-0.2, -0.15) is 39.5 Å². The number of nitrogens with zero attached hydrogens (tertiary/aromatic N) is 1. The van der Waals surface area contributed by atoms with Crippen LogP contribution in [-0.2, 0) is 19.1 Å². The Morgan fingerprint density at radius 1 is 0.833 bits per heavy atom. The Balaban J connectivity index is 2.11. The minimum Gasteiger partial charge on any atom is -0.459 e. The molecule has 16 heteroatoms. The van der Waals surface area contributed by atoms with E-state index in [-0.39, 0.29) is 13.5 Å². The lowest BCUT2D eigenvalue weighted by Crippen LogP contribution is -2.77. The zero-order chi connectivity index (χ0) is 32.6. The molecule has 1 heterocycles. The lowest BCUT2D eigenvalue weighted by Gasteiger charge is -2.64. The number of rotatable bonds is 4. The van der Waals surface area contributed by atoms with Gasteiger partial charge in [-0.15, -0.1) is 0 Å². The molecule has 0 aromatic carbocycles. The Morgan fingerprint density at radius 2 is 1.29 bits per heavy atom. The van der Waals surface area contributed by atoms with Gasteiger partial charge in [0.1, 0.15) is 5.60 Å². The van der Waals surface area contributed by atoms with Crippen molar-refractivity contribution in [3.05, 3.63) is 0 Å². The van der Waals surface area contributed by atoms with E-state index >= 15 is 39.5 Å². The molecule has 42 heavy (non-hydrogen) atoms. The number of hydrogen-bond donors (Lipinski definition) is 0. The largest absolute Gasteiger partial charge is 0.459 e. The van der Waals surface area contributed by atoms with Gasteiger partial charge in [0, 0.05) is 24.3 Å². The Labute approximate surface area is 233 Å². The first-order chi connectivity index (χ1) is 18.7. The molecule has 1 saturated heterocycles. The van der Waals surface area contributed by atoms with Crippen LogP contribution in [-0.4, -0.2) is 70.1 Å². The van der Waals surface area contributed by atoms with Crippen LogP contribution in [0.3, 0.4) is 0 Å². The number of esters is 1. The Bertz CT molecular complexity index is 1200. The van der Waals surface area contributed by atoms with Crippen LogP contribution in [0.25, 0.3) is 0 Å². The van der Waals surface area contributed by atoms with Gasteiger partial charge in [0.25, 0.3) is 0 Å². The van der Waals surface area contributed by atoms with Crippen molar-refractivity contribution in [1.82, 2.24) is 4.90 Å². The first kappa shape index (κ1) is 32.7. The molecule has 0 N–H and O–H groups in total. The molecule has 2 bridgehead atoms. The molecule has 0 aromatic rings. The predicted molar refractivity (Wildman–Crippen MR) is 121 cm³/mol. The van der Waals surface area contributed by atoms with Gasteiger partial charge in [-0.05, 0) is 59.3 Å². The van der Waals surface area contributed by atoms with Crippen molar-refractivity contribution >= 4 is 17.8 Å². The highest BCUT2D eigenvalue weighted by atomic mass is 19.4. The average Bonchev–Trinajstić information content (AvgIpc) is 3.08. The van der Waals surface area contributed by atoms with Crippen LogP contribution in [0.1, 0.15) is 54.4 Å². The first-order valence-corrected chi connectivity index (χ1v) is 13.3. The molecule has 0 aromatic heterocycles. The van der Waals surface area contributed by atoms with Crippen molar-refractivity contribution in [3.63, 3.8) is 0 Å². The van der Waals surface area contributed by atoms with E-state index in [0.29, 0.717) is 4.90 Å². The predicted octanol–water partition coefficient (Wildman–Crippen LogP) is 6.15. The smallest absolute Gasteiger partial charge is 0.404 e. The molecular formula is C26H30F11NO4. The van der Waals surface area contributed by atoms with Crippen molar-refractivity contribution in [2.45, 2.75) is 95.3 Å². The second-order valence-corrected chi connectivity index (χ2v) is 13.0. The fourth-order valence-corrected chi connectivity index (χ4v) is 8.07. The first-order valence-electron chi connectivity index (χ1n) is 13.3. The van der Waals surface area contributed by atoms with Crippen LogP contribution in [0, 0.1) is 40.9 Å². The molecule has 9 atom stereocenters. The van der Waals surface area contributed by atoms with Crippen molar-refractivity contribution in [3.8, 4) is 0 Å². The van der Waals surface area contributed by atoms with Crippen molar-refractivity contribution in [2.24, 2.45) is 40.9 Å². The zero-order valence-electron chi connectivity index (χ0n) is 23.3. The Hall–Kier alpha value is -2.16. The van der Waals surface area contributed by atoms with E-state index < -0.39 is 112 Å². The molecule has 5 aliphatic rings. The molecule has 9 unspecified atom stereocenters. The summed E-state index contributed by atoms with van der Waals surface area (Å²) in [6.45, 7) is 5.36. The minimum atomic E-state index is -6.71. The minimum absolute atomic E-state index is 0.107. The average molecular weight is 630 g/mol. The molecule has 240 valence electrons. The van der Waals surface area contributed by atoms with E-state index in [1.54, 1.807) is 0 Å². The summed E-state index contributed by atoms with van der Waals surface area (Å²) in [6.07, 6.45) is -8.18. The number of amides is 2. The maximum Gasteiger partial charge on any atom is 0.404 e. The normalized spacial score (nSPS) is 42.0. The van der Waals surface area contributed by atoms with Gasteiger partial charge in [0.15, 0.2) is 5.41 Å². The van der Waals surface area contributed by atoms with Gasteiger partial charge in [0.2, 0.25) is 23.2 Å². The van der Waals surface area contributed by atoms with Crippen LogP contribution >= 0.6 is 0 Å². The summed E-state index contributed by atoms with van der Waals surface area (Å²) in [5, 5.41) is 0. The van der Waals surface area contributed by atoms with Gasteiger partial charge in [0.05, 0.1) is 5.92 Å². The van der Waals surface area contributed by atoms with Gasteiger partial charge < -0.3 is 4.74 Å².